The molecule has 2 aromatic carbocycles. The molecule has 0 spiro atoms. The molecule has 0 amide bonds. The highest BCUT2D eigenvalue weighted by molar-refractivity contribution is 7.98. The lowest BCUT2D eigenvalue weighted by atomic mass is 10.2. The Bertz CT molecular complexity index is 650. The molecule has 0 bridgehead atoms. The molecule has 2 nitrogen and oxygen atoms in total. The first kappa shape index (κ1) is 14.1. The number of nitrogens with zero attached hydrogens (tertiary/aromatic N) is 1. The smallest absolute Gasteiger partial charge is 0.0992 e. The third-order valence-electron chi connectivity index (χ3n) is 2.54. The van der Waals surface area contributed by atoms with Gasteiger partial charge in [-0.3, -0.25) is 0 Å². The summed E-state index contributed by atoms with van der Waals surface area (Å²) in [6, 6.07) is 12.7. The van der Waals surface area contributed by atoms with Crippen molar-refractivity contribution in [1.29, 1.82) is 5.26 Å². The fourth-order valence-electron chi connectivity index (χ4n) is 1.52. The van der Waals surface area contributed by atoms with Gasteiger partial charge in [-0.2, -0.15) is 5.26 Å². The normalized spacial score (nSPS) is 10.2. The van der Waals surface area contributed by atoms with Crippen molar-refractivity contribution in [2.45, 2.75) is 10.6 Å². The van der Waals surface area contributed by atoms with Crippen molar-refractivity contribution in [3.8, 4) is 6.07 Å². The summed E-state index contributed by atoms with van der Waals surface area (Å²) in [6.45, 7) is 0. The summed E-state index contributed by atoms with van der Waals surface area (Å²) in [5.74, 6) is 0.676. The molecule has 0 aromatic heterocycles. The first-order chi connectivity index (χ1) is 9.10. The van der Waals surface area contributed by atoms with E-state index in [9.17, 15) is 0 Å². The maximum absolute atomic E-state index is 8.78. The molecule has 0 saturated carbocycles. The number of benzene rings is 2. The van der Waals surface area contributed by atoms with Gasteiger partial charge in [0, 0.05) is 26.4 Å². The SMILES string of the molecule is N#Cc1ccc(CSc2cc(Cl)ccc2N)c(Cl)c1. The first-order valence-electron chi connectivity index (χ1n) is 5.46. The number of nitrogens with two attached hydrogens (primary N) is 1. The zero-order chi connectivity index (χ0) is 13.8. The van der Waals surface area contributed by atoms with Crippen LogP contribution < -0.4 is 5.73 Å². The van der Waals surface area contributed by atoms with Crippen LogP contribution in [0.3, 0.4) is 0 Å². The number of halogens is 2. The van der Waals surface area contributed by atoms with Crippen LogP contribution >= 0.6 is 35.0 Å². The Morgan fingerprint density at radius 3 is 2.63 bits per heavy atom. The summed E-state index contributed by atoms with van der Waals surface area (Å²) < 4.78 is 0. The Morgan fingerprint density at radius 1 is 1.16 bits per heavy atom. The molecule has 0 aliphatic rings. The molecule has 0 unspecified atom stereocenters. The highest BCUT2D eigenvalue weighted by Gasteiger charge is 2.05. The number of rotatable bonds is 3. The Morgan fingerprint density at radius 2 is 1.95 bits per heavy atom. The molecule has 0 aliphatic carbocycles. The third kappa shape index (κ3) is 3.57. The van der Waals surface area contributed by atoms with Crippen molar-refractivity contribution in [3.05, 3.63) is 57.6 Å². The van der Waals surface area contributed by atoms with Crippen molar-refractivity contribution in [1.82, 2.24) is 0 Å². The first-order valence-corrected chi connectivity index (χ1v) is 7.20. The van der Waals surface area contributed by atoms with Gasteiger partial charge >= 0.3 is 0 Å². The molecule has 0 aliphatic heterocycles. The van der Waals surface area contributed by atoms with E-state index in [-0.39, 0.29) is 0 Å². The van der Waals surface area contributed by atoms with Crippen LogP contribution in [0.1, 0.15) is 11.1 Å². The molecule has 0 fully saturated rings. The summed E-state index contributed by atoms with van der Waals surface area (Å²) in [5, 5.41) is 10.0. The fraction of sp³-hybridized carbons (Fsp3) is 0.0714. The molecule has 2 rings (SSSR count). The van der Waals surface area contributed by atoms with E-state index in [1.807, 2.05) is 12.1 Å². The van der Waals surface area contributed by atoms with Crippen LogP contribution in [0.2, 0.25) is 10.0 Å². The molecular formula is C14H10Cl2N2S. The highest BCUT2D eigenvalue weighted by Crippen LogP contribution is 2.32. The summed E-state index contributed by atoms with van der Waals surface area (Å²) in [4.78, 5) is 0.924. The number of anilines is 1. The van der Waals surface area contributed by atoms with Gasteiger partial charge in [-0.25, -0.2) is 0 Å². The van der Waals surface area contributed by atoms with Crippen LogP contribution in [0.4, 0.5) is 5.69 Å². The number of hydrogen-bond donors (Lipinski definition) is 1. The second kappa shape index (κ2) is 6.21. The minimum absolute atomic E-state index is 0.556. The lowest BCUT2D eigenvalue weighted by molar-refractivity contribution is 1.37. The molecule has 0 radical (unpaired) electrons. The minimum atomic E-state index is 0.556. The summed E-state index contributed by atoms with van der Waals surface area (Å²) in [5.41, 5.74) is 8.09. The van der Waals surface area contributed by atoms with Crippen molar-refractivity contribution in [3.63, 3.8) is 0 Å². The zero-order valence-corrected chi connectivity index (χ0v) is 12.2. The van der Waals surface area contributed by atoms with Crippen LogP contribution in [0.15, 0.2) is 41.3 Å². The molecule has 19 heavy (non-hydrogen) atoms. The van der Waals surface area contributed by atoms with Crippen LogP contribution in [0.25, 0.3) is 0 Å². The average Bonchev–Trinajstić information content (AvgIpc) is 2.40. The highest BCUT2D eigenvalue weighted by atomic mass is 35.5. The lowest BCUT2D eigenvalue weighted by Crippen LogP contribution is -1.90. The lowest BCUT2D eigenvalue weighted by Gasteiger charge is -2.07. The van der Waals surface area contributed by atoms with Gasteiger partial charge in [0.15, 0.2) is 0 Å². The van der Waals surface area contributed by atoms with Gasteiger partial charge in [-0.15, -0.1) is 11.8 Å². The topological polar surface area (TPSA) is 49.8 Å². The van der Waals surface area contributed by atoms with Gasteiger partial charge in [0.05, 0.1) is 11.6 Å². The van der Waals surface area contributed by atoms with Gasteiger partial charge in [0.2, 0.25) is 0 Å². The van der Waals surface area contributed by atoms with E-state index in [0.29, 0.717) is 27.0 Å². The number of nitriles is 1. The van der Waals surface area contributed by atoms with Crippen LogP contribution in [0, 0.1) is 11.3 Å². The number of nitrogen functional groups attached to an aromatic ring is 1. The summed E-state index contributed by atoms with van der Waals surface area (Å²) >= 11 is 13.6. The number of hydrogen-bond acceptors (Lipinski definition) is 3. The molecular weight excluding hydrogens is 299 g/mol. The third-order valence-corrected chi connectivity index (χ3v) is 4.25. The Hall–Kier alpha value is -1.34. The van der Waals surface area contributed by atoms with Crippen LogP contribution in [-0.2, 0) is 5.75 Å². The van der Waals surface area contributed by atoms with Crippen molar-refractivity contribution in [2.24, 2.45) is 0 Å². The van der Waals surface area contributed by atoms with E-state index >= 15 is 0 Å². The average molecular weight is 309 g/mol. The van der Waals surface area contributed by atoms with E-state index in [4.69, 9.17) is 34.2 Å². The molecule has 2 aromatic rings. The minimum Gasteiger partial charge on any atom is -0.398 e. The second-order valence-electron chi connectivity index (χ2n) is 3.89. The van der Waals surface area contributed by atoms with Gasteiger partial charge in [0.1, 0.15) is 0 Å². The van der Waals surface area contributed by atoms with E-state index in [2.05, 4.69) is 6.07 Å². The van der Waals surface area contributed by atoms with Gasteiger partial charge < -0.3 is 5.73 Å². The number of thioether (sulfide) groups is 1. The van der Waals surface area contributed by atoms with Crippen molar-refractivity contribution >= 4 is 40.7 Å². The molecule has 0 heterocycles. The molecule has 0 saturated heterocycles. The predicted octanol–water partition coefficient (Wildman–Crippen LogP) is 4.74. The van der Waals surface area contributed by atoms with E-state index in [1.165, 1.54) is 0 Å². The summed E-state index contributed by atoms with van der Waals surface area (Å²) in [6.07, 6.45) is 0. The van der Waals surface area contributed by atoms with Gasteiger partial charge in [-0.05, 0) is 35.9 Å². The standard InChI is InChI=1S/C14H10Cl2N2S/c15-11-3-4-13(18)14(6-11)19-8-10-2-1-9(7-17)5-12(10)16/h1-6H,8,18H2. The van der Waals surface area contributed by atoms with E-state index in [0.717, 1.165) is 10.5 Å². The predicted molar refractivity (Wildman–Crippen MR) is 81.6 cm³/mol. The Labute approximate surface area is 126 Å². The largest absolute Gasteiger partial charge is 0.398 e. The van der Waals surface area contributed by atoms with E-state index < -0.39 is 0 Å². The monoisotopic (exact) mass is 308 g/mol. The maximum atomic E-state index is 8.78. The molecule has 2 N–H and O–H groups in total. The van der Waals surface area contributed by atoms with Crippen molar-refractivity contribution < 1.29 is 0 Å². The second-order valence-corrected chi connectivity index (χ2v) is 5.75. The van der Waals surface area contributed by atoms with Crippen LogP contribution in [-0.4, -0.2) is 0 Å². The quantitative estimate of drug-likeness (QED) is 0.658. The van der Waals surface area contributed by atoms with Crippen LogP contribution in [0.5, 0.6) is 0 Å². The Kier molecular flexibility index (Phi) is 4.60. The molecule has 5 heteroatoms. The van der Waals surface area contributed by atoms with E-state index in [1.54, 1.807) is 36.0 Å². The fourth-order valence-corrected chi connectivity index (χ4v) is 3.09. The molecule has 96 valence electrons. The van der Waals surface area contributed by atoms with Crippen molar-refractivity contribution in [2.75, 3.05) is 5.73 Å². The van der Waals surface area contributed by atoms with Gasteiger partial charge in [-0.1, -0.05) is 29.3 Å². The van der Waals surface area contributed by atoms with Gasteiger partial charge in [0.25, 0.3) is 0 Å². The molecule has 0 atom stereocenters. The Balaban J connectivity index is 2.15. The summed E-state index contributed by atoms with van der Waals surface area (Å²) in [7, 11) is 0. The maximum Gasteiger partial charge on any atom is 0.0992 e. The zero-order valence-electron chi connectivity index (χ0n) is 9.86.